The molecule has 0 fully saturated rings. The van der Waals surface area contributed by atoms with Crippen LogP contribution in [0.2, 0.25) is 5.02 Å². The average Bonchev–Trinajstić information content (AvgIpc) is 2.91. The Labute approximate surface area is 126 Å². The van der Waals surface area contributed by atoms with Crippen LogP contribution in [0.5, 0.6) is 0 Å². The van der Waals surface area contributed by atoms with Crippen molar-refractivity contribution in [2.45, 2.75) is 6.54 Å². The van der Waals surface area contributed by atoms with Gasteiger partial charge in [-0.2, -0.15) is 0 Å². The summed E-state index contributed by atoms with van der Waals surface area (Å²) < 4.78 is 15.1. The monoisotopic (exact) mass is 302 g/mol. The van der Waals surface area contributed by atoms with Gasteiger partial charge in [0.05, 0.1) is 11.4 Å². The van der Waals surface area contributed by atoms with Gasteiger partial charge in [-0.25, -0.2) is 9.07 Å². The number of aromatic nitrogens is 3. The van der Waals surface area contributed by atoms with Gasteiger partial charge in [0.2, 0.25) is 0 Å². The molecule has 0 saturated carbocycles. The van der Waals surface area contributed by atoms with Gasteiger partial charge in [-0.3, -0.25) is 0 Å². The zero-order valence-electron chi connectivity index (χ0n) is 11.0. The van der Waals surface area contributed by atoms with E-state index >= 15 is 0 Å². The number of hydrogen-bond donors (Lipinski definition) is 1. The third-order valence-electron chi connectivity index (χ3n) is 3.08. The Hall–Kier alpha value is -2.24. The molecule has 2 aromatic carbocycles. The maximum atomic E-state index is 13.5. The number of nitrogens with zero attached hydrogens (tertiary/aromatic N) is 3. The van der Waals surface area contributed by atoms with Crippen LogP contribution < -0.4 is 5.73 Å². The van der Waals surface area contributed by atoms with Crippen LogP contribution in [0.1, 0.15) is 5.69 Å². The normalized spacial score (nSPS) is 10.8. The van der Waals surface area contributed by atoms with Crippen LogP contribution >= 0.6 is 11.6 Å². The van der Waals surface area contributed by atoms with Gasteiger partial charge in [-0.15, -0.1) is 5.10 Å². The summed E-state index contributed by atoms with van der Waals surface area (Å²) in [4.78, 5) is 0. The van der Waals surface area contributed by atoms with Crippen LogP contribution in [0.3, 0.4) is 0 Å². The molecule has 3 rings (SSSR count). The van der Waals surface area contributed by atoms with Gasteiger partial charge in [0.15, 0.2) is 0 Å². The molecule has 0 radical (unpaired) electrons. The van der Waals surface area contributed by atoms with Gasteiger partial charge in [-0.05, 0) is 30.3 Å². The van der Waals surface area contributed by atoms with Crippen LogP contribution in [0.25, 0.3) is 16.9 Å². The smallest absolute Gasteiger partial charge is 0.123 e. The van der Waals surface area contributed by atoms with Crippen molar-refractivity contribution >= 4 is 11.6 Å². The molecule has 106 valence electrons. The van der Waals surface area contributed by atoms with E-state index in [0.717, 1.165) is 5.69 Å². The minimum absolute atomic E-state index is 0.215. The highest BCUT2D eigenvalue weighted by Gasteiger charge is 2.15. The number of nitrogens with two attached hydrogens (primary N) is 1. The first kappa shape index (κ1) is 13.7. The number of hydrogen-bond acceptors (Lipinski definition) is 3. The van der Waals surface area contributed by atoms with E-state index in [1.54, 1.807) is 28.9 Å². The first-order valence-electron chi connectivity index (χ1n) is 6.35. The zero-order chi connectivity index (χ0) is 14.8. The molecule has 0 bridgehead atoms. The molecule has 0 atom stereocenters. The van der Waals surface area contributed by atoms with Gasteiger partial charge >= 0.3 is 0 Å². The van der Waals surface area contributed by atoms with Crippen LogP contribution in [-0.2, 0) is 6.54 Å². The summed E-state index contributed by atoms with van der Waals surface area (Å²) in [5.41, 5.74) is 8.39. The molecule has 0 unspecified atom stereocenters. The molecule has 1 heterocycles. The Kier molecular flexibility index (Phi) is 3.68. The maximum Gasteiger partial charge on any atom is 0.123 e. The minimum Gasteiger partial charge on any atom is -0.325 e. The van der Waals surface area contributed by atoms with Gasteiger partial charge < -0.3 is 5.73 Å². The number of benzene rings is 2. The molecular weight excluding hydrogens is 291 g/mol. The zero-order valence-corrected chi connectivity index (χ0v) is 11.8. The van der Waals surface area contributed by atoms with Crippen LogP contribution in [0.4, 0.5) is 4.39 Å². The third-order valence-corrected chi connectivity index (χ3v) is 3.32. The highest BCUT2D eigenvalue weighted by molar-refractivity contribution is 6.30. The molecule has 0 spiro atoms. The van der Waals surface area contributed by atoms with E-state index in [0.29, 0.717) is 22.0 Å². The van der Waals surface area contributed by atoms with Crippen molar-refractivity contribution in [1.29, 1.82) is 0 Å². The van der Waals surface area contributed by atoms with Crippen LogP contribution in [0, 0.1) is 5.82 Å². The van der Waals surface area contributed by atoms with E-state index in [1.165, 1.54) is 12.1 Å². The predicted octanol–water partition coefficient (Wildman–Crippen LogP) is 3.19. The molecule has 2 N–H and O–H groups in total. The summed E-state index contributed by atoms with van der Waals surface area (Å²) in [6.45, 7) is 0.215. The molecule has 6 heteroatoms. The van der Waals surface area contributed by atoms with Crippen molar-refractivity contribution in [3.63, 3.8) is 0 Å². The summed E-state index contributed by atoms with van der Waals surface area (Å²) in [5.74, 6) is -0.325. The van der Waals surface area contributed by atoms with E-state index in [4.69, 9.17) is 17.3 Å². The Balaban J connectivity index is 2.21. The topological polar surface area (TPSA) is 56.7 Å². The summed E-state index contributed by atoms with van der Waals surface area (Å²) in [7, 11) is 0. The fourth-order valence-electron chi connectivity index (χ4n) is 2.16. The van der Waals surface area contributed by atoms with Gasteiger partial charge in [-0.1, -0.05) is 35.0 Å². The standard InChI is InChI=1S/C15H12ClFN4/c16-11-4-2-6-13(8-11)21-15(14(9-18)19-20-21)10-3-1-5-12(17)7-10/h1-8H,9,18H2. The second-order valence-corrected chi connectivity index (χ2v) is 4.93. The summed E-state index contributed by atoms with van der Waals surface area (Å²) in [6.07, 6.45) is 0. The molecule has 0 aliphatic carbocycles. The number of rotatable bonds is 3. The quantitative estimate of drug-likeness (QED) is 0.808. The summed E-state index contributed by atoms with van der Waals surface area (Å²) >= 11 is 6.01. The van der Waals surface area contributed by atoms with E-state index < -0.39 is 0 Å². The van der Waals surface area contributed by atoms with Crippen LogP contribution in [-0.4, -0.2) is 15.0 Å². The average molecular weight is 303 g/mol. The lowest BCUT2D eigenvalue weighted by molar-refractivity contribution is 0.628. The Morgan fingerprint density at radius 2 is 1.95 bits per heavy atom. The largest absolute Gasteiger partial charge is 0.325 e. The lowest BCUT2D eigenvalue weighted by atomic mass is 10.1. The Morgan fingerprint density at radius 1 is 1.14 bits per heavy atom. The molecular formula is C15H12ClFN4. The second kappa shape index (κ2) is 5.63. The van der Waals surface area contributed by atoms with Crippen molar-refractivity contribution < 1.29 is 4.39 Å². The molecule has 3 aromatic rings. The molecule has 0 aliphatic rings. The van der Waals surface area contributed by atoms with E-state index in [2.05, 4.69) is 10.3 Å². The fourth-order valence-corrected chi connectivity index (χ4v) is 2.35. The molecule has 4 nitrogen and oxygen atoms in total. The highest BCUT2D eigenvalue weighted by atomic mass is 35.5. The molecule has 21 heavy (non-hydrogen) atoms. The van der Waals surface area contributed by atoms with Gasteiger partial charge in [0.1, 0.15) is 11.5 Å². The van der Waals surface area contributed by atoms with Crippen molar-refractivity contribution in [1.82, 2.24) is 15.0 Å². The van der Waals surface area contributed by atoms with E-state index in [1.807, 2.05) is 12.1 Å². The second-order valence-electron chi connectivity index (χ2n) is 4.49. The van der Waals surface area contributed by atoms with Crippen LogP contribution in [0.15, 0.2) is 48.5 Å². The maximum absolute atomic E-state index is 13.5. The van der Waals surface area contributed by atoms with Gasteiger partial charge in [0, 0.05) is 17.1 Å². The fraction of sp³-hybridized carbons (Fsp3) is 0.0667. The molecule has 0 amide bonds. The lowest BCUT2D eigenvalue weighted by Gasteiger charge is -2.08. The lowest BCUT2D eigenvalue weighted by Crippen LogP contribution is -2.02. The Bertz CT molecular complexity index is 785. The Morgan fingerprint density at radius 3 is 2.67 bits per heavy atom. The first-order valence-corrected chi connectivity index (χ1v) is 6.73. The van der Waals surface area contributed by atoms with Crippen molar-refractivity contribution in [3.05, 3.63) is 65.1 Å². The van der Waals surface area contributed by atoms with Crippen molar-refractivity contribution in [2.24, 2.45) is 5.73 Å². The predicted molar refractivity (Wildman–Crippen MR) is 79.7 cm³/mol. The van der Waals surface area contributed by atoms with Crippen molar-refractivity contribution in [2.75, 3.05) is 0 Å². The first-order chi connectivity index (χ1) is 10.2. The highest BCUT2D eigenvalue weighted by Crippen LogP contribution is 2.26. The minimum atomic E-state index is -0.325. The van der Waals surface area contributed by atoms with E-state index in [9.17, 15) is 4.39 Å². The molecule has 0 aliphatic heterocycles. The number of halogens is 2. The van der Waals surface area contributed by atoms with Crippen molar-refractivity contribution in [3.8, 4) is 16.9 Å². The van der Waals surface area contributed by atoms with Gasteiger partial charge in [0.25, 0.3) is 0 Å². The van der Waals surface area contributed by atoms with E-state index in [-0.39, 0.29) is 12.4 Å². The summed E-state index contributed by atoms with van der Waals surface area (Å²) in [6, 6.07) is 13.5. The molecule has 1 aromatic heterocycles. The molecule has 0 saturated heterocycles. The SMILES string of the molecule is NCc1nnn(-c2cccc(Cl)c2)c1-c1cccc(F)c1. The summed E-state index contributed by atoms with van der Waals surface area (Å²) in [5, 5.41) is 8.76. The third kappa shape index (κ3) is 2.66.